The topological polar surface area (TPSA) is 92.0 Å². The van der Waals surface area contributed by atoms with Crippen LogP contribution in [0.25, 0.3) is 5.69 Å². The molecule has 2 heterocycles. The molecule has 7 nitrogen and oxygen atoms in total. The van der Waals surface area contributed by atoms with Gasteiger partial charge in [0.05, 0.1) is 12.8 Å². The van der Waals surface area contributed by atoms with E-state index in [-0.39, 0.29) is 17.9 Å². The Morgan fingerprint density at radius 1 is 1.06 bits per heavy atom. The summed E-state index contributed by atoms with van der Waals surface area (Å²) in [6.07, 6.45) is 5.51. The third-order valence-corrected chi connectivity index (χ3v) is 5.97. The summed E-state index contributed by atoms with van der Waals surface area (Å²) in [4.78, 5) is 28.0. The van der Waals surface area contributed by atoms with E-state index < -0.39 is 17.4 Å². The van der Waals surface area contributed by atoms with E-state index in [0.717, 1.165) is 0 Å². The van der Waals surface area contributed by atoms with Crippen molar-refractivity contribution in [3.05, 3.63) is 94.9 Å². The highest BCUT2D eigenvalue weighted by Gasteiger charge is 2.53. The molecule has 2 aromatic carbocycles. The number of aliphatic hydroxyl groups excluding tert-OH is 1. The standard InChI is InChI=1S/C26H26N2O5/c1-18(9-6-7-16-29)26(32)21-17-20(27-15-8-12-23(33-2)24(27)30)13-14-22(21)28(25(26)31)19-10-4-3-5-11-19/h3-6,8-15,17-18,29,32H,7,16H2,1-2H3/b9-6+/t18-,26+/m1/s1. The maximum atomic E-state index is 13.7. The summed E-state index contributed by atoms with van der Waals surface area (Å²) in [6, 6.07) is 17.6. The molecule has 0 radical (unpaired) electrons. The van der Waals surface area contributed by atoms with E-state index in [0.29, 0.717) is 29.0 Å². The fourth-order valence-electron chi connectivity index (χ4n) is 4.19. The number of pyridine rings is 1. The number of benzene rings is 2. The van der Waals surface area contributed by atoms with Crippen LogP contribution in [0.5, 0.6) is 5.75 Å². The molecule has 1 aliphatic heterocycles. The van der Waals surface area contributed by atoms with Gasteiger partial charge in [-0.15, -0.1) is 0 Å². The highest BCUT2D eigenvalue weighted by Crippen LogP contribution is 2.48. The first-order valence-electron chi connectivity index (χ1n) is 10.7. The Morgan fingerprint density at radius 2 is 1.82 bits per heavy atom. The van der Waals surface area contributed by atoms with E-state index in [4.69, 9.17) is 9.84 Å². The molecule has 0 unspecified atom stereocenters. The number of amides is 1. The number of aromatic nitrogens is 1. The number of hydrogen-bond donors (Lipinski definition) is 2. The van der Waals surface area contributed by atoms with Gasteiger partial charge in [-0.05, 0) is 48.9 Å². The molecule has 1 amide bonds. The van der Waals surface area contributed by atoms with Crippen molar-refractivity contribution < 1.29 is 19.7 Å². The van der Waals surface area contributed by atoms with Crippen LogP contribution in [0.3, 0.4) is 0 Å². The lowest BCUT2D eigenvalue weighted by atomic mass is 9.82. The van der Waals surface area contributed by atoms with E-state index in [2.05, 4.69) is 0 Å². The zero-order chi connectivity index (χ0) is 23.6. The van der Waals surface area contributed by atoms with Crippen LogP contribution in [-0.4, -0.2) is 34.4 Å². The molecular formula is C26H26N2O5. The Bertz CT molecular complexity index is 1250. The summed E-state index contributed by atoms with van der Waals surface area (Å²) in [5.74, 6) is -0.864. The number of fused-ring (bicyclic) bond motifs is 1. The Labute approximate surface area is 191 Å². The molecule has 0 saturated heterocycles. The molecule has 0 spiro atoms. The van der Waals surface area contributed by atoms with Gasteiger partial charge in [0.15, 0.2) is 11.4 Å². The number of aliphatic hydroxyl groups is 2. The van der Waals surface area contributed by atoms with Crippen LogP contribution in [0.2, 0.25) is 0 Å². The first kappa shape index (κ1) is 22.5. The SMILES string of the molecule is COc1cccn(-c2ccc3c(c2)[C@@](O)([C@H](C)/C=C/CCO)C(=O)N3c2ccccc2)c1=O. The summed E-state index contributed by atoms with van der Waals surface area (Å²) >= 11 is 0. The Hall–Kier alpha value is -3.68. The second-order valence-electron chi connectivity index (χ2n) is 7.92. The van der Waals surface area contributed by atoms with Crippen molar-refractivity contribution in [3.8, 4) is 11.4 Å². The quantitative estimate of drug-likeness (QED) is 0.544. The fourth-order valence-corrected chi connectivity index (χ4v) is 4.19. The minimum atomic E-state index is -1.85. The Kier molecular flexibility index (Phi) is 6.18. The second-order valence-corrected chi connectivity index (χ2v) is 7.92. The Morgan fingerprint density at radius 3 is 2.52 bits per heavy atom. The fraction of sp³-hybridized carbons (Fsp3) is 0.231. The van der Waals surface area contributed by atoms with Crippen LogP contribution in [0.1, 0.15) is 18.9 Å². The van der Waals surface area contributed by atoms with Gasteiger partial charge in [-0.3, -0.25) is 19.1 Å². The zero-order valence-corrected chi connectivity index (χ0v) is 18.5. The number of rotatable bonds is 7. The van der Waals surface area contributed by atoms with E-state index in [1.807, 2.05) is 18.2 Å². The van der Waals surface area contributed by atoms with Crippen LogP contribution in [-0.2, 0) is 10.4 Å². The molecule has 1 aliphatic rings. The van der Waals surface area contributed by atoms with Crippen LogP contribution in [0, 0.1) is 5.92 Å². The van der Waals surface area contributed by atoms with Gasteiger partial charge < -0.3 is 14.9 Å². The van der Waals surface area contributed by atoms with Crippen LogP contribution in [0.15, 0.2) is 83.8 Å². The van der Waals surface area contributed by atoms with Crippen molar-refractivity contribution in [2.45, 2.75) is 18.9 Å². The number of anilines is 2. The molecule has 0 fully saturated rings. The lowest BCUT2D eigenvalue weighted by molar-refractivity contribution is -0.138. The molecule has 170 valence electrons. The summed E-state index contributed by atoms with van der Waals surface area (Å²) < 4.78 is 6.57. The maximum absolute atomic E-state index is 13.7. The van der Waals surface area contributed by atoms with Gasteiger partial charge in [-0.25, -0.2) is 0 Å². The largest absolute Gasteiger partial charge is 0.491 e. The van der Waals surface area contributed by atoms with Gasteiger partial charge in [0, 0.05) is 35.7 Å². The summed E-state index contributed by atoms with van der Waals surface area (Å²) in [7, 11) is 1.43. The van der Waals surface area contributed by atoms with Crippen molar-refractivity contribution in [1.29, 1.82) is 0 Å². The first-order valence-corrected chi connectivity index (χ1v) is 10.7. The first-order chi connectivity index (χ1) is 15.9. The molecule has 33 heavy (non-hydrogen) atoms. The smallest absolute Gasteiger partial charge is 0.297 e. The van der Waals surface area contributed by atoms with Gasteiger partial charge in [0.2, 0.25) is 0 Å². The van der Waals surface area contributed by atoms with Crippen molar-refractivity contribution in [3.63, 3.8) is 0 Å². The second kappa shape index (κ2) is 9.05. The van der Waals surface area contributed by atoms with Crippen molar-refractivity contribution in [2.75, 3.05) is 18.6 Å². The summed E-state index contributed by atoms with van der Waals surface area (Å²) in [6.45, 7) is 1.74. The summed E-state index contributed by atoms with van der Waals surface area (Å²) in [5, 5.41) is 20.9. The molecule has 2 atom stereocenters. The van der Waals surface area contributed by atoms with Gasteiger partial charge in [0.1, 0.15) is 0 Å². The van der Waals surface area contributed by atoms with E-state index in [1.165, 1.54) is 16.6 Å². The normalized spacial score (nSPS) is 18.5. The predicted molar refractivity (Wildman–Crippen MR) is 126 cm³/mol. The van der Waals surface area contributed by atoms with Gasteiger partial charge >= 0.3 is 0 Å². The number of carbonyl (C=O) groups excluding carboxylic acids is 1. The number of ether oxygens (including phenoxy) is 1. The molecule has 2 N–H and O–H groups in total. The highest BCUT2D eigenvalue weighted by molar-refractivity contribution is 6.12. The number of methoxy groups -OCH3 is 1. The highest BCUT2D eigenvalue weighted by atomic mass is 16.5. The average molecular weight is 447 g/mol. The number of para-hydroxylation sites is 1. The van der Waals surface area contributed by atoms with Crippen LogP contribution in [0.4, 0.5) is 11.4 Å². The number of carbonyl (C=O) groups is 1. The molecule has 0 bridgehead atoms. The van der Waals surface area contributed by atoms with Crippen molar-refractivity contribution in [1.82, 2.24) is 4.57 Å². The summed E-state index contributed by atoms with van der Waals surface area (Å²) in [5.41, 5.74) is -0.0951. The lowest BCUT2D eigenvalue weighted by Gasteiger charge is -2.28. The molecule has 4 rings (SSSR count). The number of hydrogen-bond acceptors (Lipinski definition) is 5. The molecule has 0 aliphatic carbocycles. The van der Waals surface area contributed by atoms with Crippen molar-refractivity contribution in [2.24, 2.45) is 5.92 Å². The van der Waals surface area contributed by atoms with E-state index in [1.54, 1.807) is 67.7 Å². The third kappa shape index (κ3) is 3.75. The molecule has 3 aromatic rings. The molecular weight excluding hydrogens is 420 g/mol. The van der Waals surface area contributed by atoms with Gasteiger partial charge in [-0.1, -0.05) is 37.3 Å². The minimum Gasteiger partial charge on any atom is -0.491 e. The maximum Gasteiger partial charge on any atom is 0.297 e. The van der Waals surface area contributed by atoms with Crippen LogP contribution < -0.4 is 15.2 Å². The molecule has 0 saturated carbocycles. The molecule has 7 heteroatoms. The number of nitrogens with zero attached hydrogens (tertiary/aromatic N) is 2. The van der Waals surface area contributed by atoms with Crippen molar-refractivity contribution >= 4 is 17.3 Å². The third-order valence-electron chi connectivity index (χ3n) is 5.97. The van der Waals surface area contributed by atoms with Gasteiger partial charge in [-0.2, -0.15) is 0 Å². The zero-order valence-electron chi connectivity index (χ0n) is 18.5. The molecule has 1 aromatic heterocycles. The van der Waals surface area contributed by atoms with Gasteiger partial charge in [0.25, 0.3) is 11.5 Å². The van der Waals surface area contributed by atoms with E-state index >= 15 is 0 Å². The lowest BCUT2D eigenvalue weighted by Crippen LogP contribution is -2.42. The van der Waals surface area contributed by atoms with E-state index in [9.17, 15) is 14.7 Å². The van der Waals surface area contributed by atoms with Crippen LogP contribution >= 0.6 is 0 Å². The predicted octanol–water partition coefficient (Wildman–Crippen LogP) is 3.29. The monoisotopic (exact) mass is 446 g/mol. The minimum absolute atomic E-state index is 0.0226. The average Bonchev–Trinajstić information content (AvgIpc) is 3.07. The Balaban J connectivity index is 1.91.